The average Bonchev–Trinajstić information content (AvgIpc) is 3.47. The van der Waals surface area contributed by atoms with Crippen molar-refractivity contribution >= 4 is 39.0 Å². The molecule has 0 radical (unpaired) electrons. The number of benzene rings is 3. The third-order valence-electron chi connectivity index (χ3n) is 6.77. The monoisotopic (exact) mass is 542 g/mol. The van der Waals surface area contributed by atoms with Crippen molar-refractivity contribution in [1.82, 2.24) is 4.57 Å². The molecule has 0 amide bonds. The molecule has 1 aromatic heterocycles. The molecule has 4 aromatic rings. The normalized spacial score (nSPS) is 18.1. The first-order valence-corrected chi connectivity index (χ1v) is 13.1. The molecule has 0 N–H and O–H groups in total. The van der Waals surface area contributed by atoms with Crippen molar-refractivity contribution < 1.29 is 9.47 Å². The van der Waals surface area contributed by atoms with Gasteiger partial charge in [0.1, 0.15) is 0 Å². The molecule has 0 bridgehead atoms. The van der Waals surface area contributed by atoms with Gasteiger partial charge in [0.25, 0.3) is 5.56 Å². The van der Waals surface area contributed by atoms with Gasteiger partial charge in [-0.05, 0) is 53.3 Å². The van der Waals surface area contributed by atoms with E-state index in [9.17, 15) is 4.79 Å². The van der Waals surface area contributed by atoms with Gasteiger partial charge in [-0.3, -0.25) is 9.36 Å². The predicted molar refractivity (Wildman–Crippen MR) is 139 cm³/mol. The second kappa shape index (κ2) is 8.07. The number of aryl methyl sites for hydroxylation is 1. The van der Waals surface area contributed by atoms with E-state index in [4.69, 9.17) is 14.5 Å². The lowest BCUT2D eigenvalue weighted by Crippen LogP contribution is -2.38. The van der Waals surface area contributed by atoms with E-state index in [0.29, 0.717) is 16.0 Å². The van der Waals surface area contributed by atoms with Gasteiger partial charge >= 0.3 is 0 Å². The zero-order valence-electron chi connectivity index (χ0n) is 18.5. The van der Waals surface area contributed by atoms with Gasteiger partial charge in [-0.25, -0.2) is 4.99 Å². The number of nitrogens with zero attached hydrogens (tertiary/aromatic N) is 2. The maximum Gasteiger partial charge on any atom is 0.271 e. The highest BCUT2D eigenvalue weighted by molar-refractivity contribution is 9.10. The number of aromatic nitrogens is 1. The van der Waals surface area contributed by atoms with Crippen LogP contribution in [0.1, 0.15) is 34.7 Å². The first-order valence-electron chi connectivity index (χ1n) is 11.4. The minimum Gasteiger partial charge on any atom is -0.454 e. The van der Waals surface area contributed by atoms with E-state index in [1.165, 1.54) is 28.0 Å². The number of thiazole rings is 1. The smallest absolute Gasteiger partial charge is 0.271 e. The van der Waals surface area contributed by atoms with E-state index in [1.807, 2.05) is 41.0 Å². The fourth-order valence-corrected chi connectivity index (χ4v) is 6.57. The summed E-state index contributed by atoms with van der Waals surface area (Å²) >= 11 is 5.05. The van der Waals surface area contributed by atoms with E-state index >= 15 is 0 Å². The Morgan fingerprint density at radius 3 is 2.63 bits per heavy atom. The predicted octanol–water partition coefficient (Wildman–Crippen LogP) is 4.81. The zero-order chi connectivity index (χ0) is 23.5. The number of rotatable bonds is 2. The highest BCUT2D eigenvalue weighted by atomic mass is 79.9. The number of hydrogen-bond acceptors (Lipinski definition) is 5. The lowest BCUT2D eigenvalue weighted by atomic mass is 9.83. The molecule has 3 aromatic carbocycles. The van der Waals surface area contributed by atoms with Crippen molar-refractivity contribution in [3.8, 4) is 11.5 Å². The minimum absolute atomic E-state index is 0.0300. The summed E-state index contributed by atoms with van der Waals surface area (Å²) in [6.07, 6.45) is 3.74. The van der Waals surface area contributed by atoms with Crippen molar-refractivity contribution in [2.24, 2.45) is 4.99 Å². The maximum absolute atomic E-state index is 13.9. The second-order valence-electron chi connectivity index (χ2n) is 8.75. The van der Waals surface area contributed by atoms with E-state index in [1.54, 1.807) is 0 Å². The largest absolute Gasteiger partial charge is 0.454 e. The van der Waals surface area contributed by atoms with Crippen LogP contribution >= 0.6 is 27.3 Å². The molecule has 1 aliphatic carbocycles. The van der Waals surface area contributed by atoms with Crippen LogP contribution in [0.3, 0.4) is 0 Å². The Morgan fingerprint density at radius 1 is 1.00 bits per heavy atom. The van der Waals surface area contributed by atoms with Crippen LogP contribution in [0, 0.1) is 0 Å². The fraction of sp³-hybridized carbons (Fsp3) is 0.143. The SMILES string of the molecule is O=c1/c(=C\c2cc3c(cc2Br)OCO3)sc2n1[C@@H](c1ccccc1)C1=C(N=2)c2ccccc2CC1. The van der Waals surface area contributed by atoms with Crippen LogP contribution in [0.25, 0.3) is 11.8 Å². The molecular weight excluding hydrogens is 524 g/mol. The Kier molecular flexibility index (Phi) is 4.82. The molecule has 7 rings (SSSR count). The second-order valence-corrected chi connectivity index (χ2v) is 10.6. The third kappa shape index (κ3) is 3.33. The molecule has 0 unspecified atom stereocenters. The zero-order valence-corrected chi connectivity index (χ0v) is 20.9. The topological polar surface area (TPSA) is 52.8 Å². The van der Waals surface area contributed by atoms with Crippen molar-refractivity contribution in [3.63, 3.8) is 0 Å². The highest BCUT2D eigenvalue weighted by Crippen LogP contribution is 2.41. The molecule has 172 valence electrons. The summed E-state index contributed by atoms with van der Waals surface area (Å²) in [5, 5.41) is 0. The van der Waals surface area contributed by atoms with Crippen LogP contribution in [0.2, 0.25) is 0 Å². The van der Waals surface area contributed by atoms with Gasteiger partial charge < -0.3 is 9.47 Å². The molecule has 35 heavy (non-hydrogen) atoms. The summed E-state index contributed by atoms with van der Waals surface area (Å²) in [5.41, 5.74) is 6.64. The number of halogens is 1. The van der Waals surface area contributed by atoms with Crippen LogP contribution in [-0.4, -0.2) is 11.4 Å². The summed E-state index contributed by atoms with van der Waals surface area (Å²) in [4.78, 5) is 19.7. The summed E-state index contributed by atoms with van der Waals surface area (Å²) in [7, 11) is 0. The van der Waals surface area contributed by atoms with Gasteiger partial charge in [0, 0.05) is 10.0 Å². The molecule has 0 spiro atoms. The van der Waals surface area contributed by atoms with E-state index < -0.39 is 0 Å². The molecule has 1 atom stereocenters. The van der Waals surface area contributed by atoms with Gasteiger partial charge in [-0.1, -0.05) is 81.9 Å². The first-order chi connectivity index (χ1) is 17.2. The lowest BCUT2D eigenvalue weighted by molar-refractivity contribution is 0.174. The van der Waals surface area contributed by atoms with Crippen LogP contribution in [-0.2, 0) is 6.42 Å². The lowest BCUT2D eigenvalue weighted by Gasteiger charge is -2.30. The number of hydrogen-bond donors (Lipinski definition) is 0. The number of fused-ring (bicyclic) bond motifs is 4. The molecule has 0 saturated carbocycles. The van der Waals surface area contributed by atoms with E-state index in [-0.39, 0.29) is 18.4 Å². The quantitative estimate of drug-likeness (QED) is 0.365. The Labute approximate surface area is 213 Å². The maximum atomic E-state index is 13.9. The summed E-state index contributed by atoms with van der Waals surface area (Å²) in [5.74, 6) is 1.38. The van der Waals surface area contributed by atoms with Crippen LogP contribution in [0.5, 0.6) is 11.5 Å². The molecule has 7 heteroatoms. The number of allylic oxidation sites excluding steroid dienone is 1. The summed E-state index contributed by atoms with van der Waals surface area (Å²) in [6.45, 7) is 0.206. The Balaban J connectivity index is 1.47. The van der Waals surface area contributed by atoms with Gasteiger partial charge in [-0.15, -0.1) is 0 Å². The Bertz CT molecular complexity index is 1720. The van der Waals surface area contributed by atoms with Crippen molar-refractivity contribution in [1.29, 1.82) is 0 Å². The third-order valence-corrected chi connectivity index (χ3v) is 8.44. The van der Waals surface area contributed by atoms with E-state index in [0.717, 1.165) is 38.9 Å². The standard InChI is InChI=1S/C28H19BrN2O3S/c29-21-14-23-22(33-15-34-23)12-18(21)13-24-27(32)31-26(17-7-2-1-3-8-17)20-11-10-16-6-4-5-9-19(16)25(20)30-28(31)35-24/h1-9,12-14,26H,10-11,15H2/b24-13+/t26-/m0/s1. The fourth-order valence-electron chi connectivity index (χ4n) is 5.14. The van der Waals surface area contributed by atoms with Crippen molar-refractivity contribution in [2.75, 3.05) is 6.79 Å². The van der Waals surface area contributed by atoms with Crippen LogP contribution < -0.4 is 24.4 Å². The van der Waals surface area contributed by atoms with E-state index in [2.05, 4.69) is 52.3 Å². The first kappa shape index (κ1) is 20.9. The van der Waals surface area contributed by atoms with Crippen LogP contribution in [0.15, 0.2) is 86.6 Å². The Hall–Kier alpha value is -3.42. The van der Waals surface area contributed by atoms with Crippen molar-refractivity contribution in [2.45, 2.75) is 18.9 Å². The average molecular weight is 543 g/mol. The summed E-state index contributed by atoms with van der Waals surface area (Å²) < 4.78 is 14.4. The molecular formula is C28H19BrN2O3S. The molecule has 5 nitrogen and oxygen atoms in total. The van der Waals surface area contributed by atoms with Gasteiger partial charge in [0.15, 0.2) is 16.3 Å². The minimum atomic E-state index is -0.168. The van der Waals surface area contributed by atoms with Crippen molar-refractivity contribution in [3.05, 3.63) is 119 Å². The highest BCUT2D eigenvalue weighted by Gasteiger charge is 2.32. The number of ether oxygens (including phenoxy) is 2. The van der Waals surface area contributed by atoms with Gasteiger partial charge in [0.05, 0.1) is 16.3 Å². The molecule has 0 saturated heterocycles. The van der Waals surface area contributed by atoms with Gasteiger partial charge in [-0.2, -0.15) is 0 Å². The molecule has 3 heterocycles. The summed E-state index contributed by atoms with van der Waals surface area (Å²) in [6, 6.07) is 22.4. The molecule has 3 aliphatic rings. The molecule has 0 fully saturated rings. The molecule has 2 aliphatic heterocycles. The van der Waals surface area contributed by atoms with Crippen LogP contribution in [0.4, 0.5) is 0 Å². The Morgan fingerprint density at radius 2 is 1.77 bits per heavy atom. The van der Waals surface area contributed by atoms with Gasteiger partial charge in [0.2, 0.25) is 6.79 Å².